The average molecular weight is 439 g/mol. The van der Waals surface area contributed by atoms with E-state index in [1.807, 2.05) is 50.2 Å². The molecule has 3 rings (SSSR count). The van der Waals surface area contributed by atoms with E-state index in [1.165, 1.54) is 4.90 Å². The summed E-state index contributed by atoms with van der Waals surface area (Å²) in [7, 11) is 0. The molecule has 1 aliphatic carbocycles. The number of carbonyl (C=O) groups is 3. The summed E-state index contributed by atoms with van der Waals surface area (Å²) in [6, 6.07) is 15.7. The number of benzene rings is 2. The van der Waals surface area contributed by atoms with Crippen molar-refractivity contribution < 1.29 is 24.2 Å². The SMILES string of the molecule is CC(C)CN(CC(=O)O)C(=O)C[C@@H](C)NC(=O)OCC1c2ccccc2-c2ccccc21. The summed E-state index contributed by atoms with van der Waals surface area (Å²) in [5.74, 6) is -1.27. The van der Waals surface area contributed by atoms with Gasteiger partial charge in [0, 0.05) is 24.9 Å². The Morgan fingerprint density at radius 2 is 1.56 bits per heavy atom. The summed E-state index contributed by atoms with van der Waals surface area (Å²) in [5.41, 5.74) is 4.56. The second kappa shape index (κ2) is 10.3. The first-order valence-corrected chi connectivity index (χ1v) is 10.9. The van der Waals surface area contributed by atoms with Crippen LogP contribution in [0.3, 0.4) is 0 Å². The number of hydrogen-bond donors (Lipinski definition) is 2. The number of amides is 2. The van der Waals surface area contributed by atoms with E-state index in [1.54, 1.807) is 6.92 Å². The van der Waals surface area contributed by atoms with Crippen LogP contribution in [0.5, 0.6) is 0 Å². The van der Waals surface area contributed by atoms with E-state index in [9.17, 15) is 14.4 Å². The third-order valence-corrected chi connectivity index (χ3v) is 5.45. The highest BCUT2D eigenvalue weighted by atomic mass is 16.5. The third-order valence-electron chi connectivity index (χ3n) is 5.45. The van der Waals surface area contributed by atoms with Gasteiger partial charge in [-0.15, -0.1) is 0 Å². The average Bonchev–Trinajstić information content (AvgIpc) is 3.05. The molecular formula is C25H30N2O5. The van der Waals surface area contributed by atoms with Crippen LogP contribution in [-0.2, 0) is 14.3 Å². The standard InChI is InChI=1S/C25H30N2O5/c1-16(2)13-27(14-24(29)30)23(28)12-17(3)26-25(31)32-15-22-20-10-6-4-8-18(20)19-9-5-7-11-21(19)22/h4-11,16-17,22H,12-15H2,1-3H3,(H,26,31)(H,29,30)/t17-/m1/s1. The largest absolute Gasteiger partial charge is 0.480 e. The number of alkyl carbamates (subject to hydrolysis) is 1. The minimum atomic E-state index is -1.06. The minimum absolute atomic E-state index is 0.00416. The van der Waals surface area contributed by atoms with Gasteiger partial charge in [0.05, 0.1) is 0 Å². The highest BCUT2D eigenvalue weighted by Crippen LogP contribution is 2.44. The van der Waals surface area contributed by atoms with E-state index < -0.39 is 18.1 Å². The number of carboxylic acid groups (broad SMARTS) is 1. The molecule has 1 aliphatic rings. The normalized spacial score (nSPS) is 13.2. The van der Waals surface area contributed by atoms with Crippen LogP contribution in [0.25, 0.3) is 11.1 Å². The van der Waals surface area contributed by atoms with Crippen molar-refractivity contribution in [2.45, 2.75) is 39.2 Å². The lowest BCUT2D eigenvalue weighted by Crippen LogP contribution is -2.42. The van der Waals surface area contributed by atoms with Gasteiger partial charge in [-0.25, -0.2) is 4.79 Å². The van der Waals surface area contributed by atoms with E-state index in [2.05, 4.69) is 17.4 Å². The zero-order chi connectivity index (χ0) is 23.3. The molecule has 0 aliphatic heterocycles. The minimum Gasteiger partial charge on any atom is -0.480 e. The number of ether oxygens (including phenoxy) is 1. The van der Waals surface area contributed by atoms with Gasteiger partial charge in [0.1, 0.15) is 13.2 Å². The van der Waals surface area contributed by atoms with Crippen LogP contribution in [0, 0.1) is 5.92 Å². The Bertz CT molecular complexity index is 942. The van der Waals surface area contributed by atoms with Crippen molar-refractivity contribution in [2.24, 2.45) is 5.92 Å². The molecule has 0 bridgehead atoms. The molecule has 0 unspecified atom stereocenters. The van der Waals surface area contributed by atoms with E-state index in [4.69, 9.17) is 9.84 Å². The van der Waals surface area contributed by atoms with Gasteiger partial charge in [-0.2, -0.15) is 0 Å². The number of nitrogens with one attached hydrogen (secondary N) is 1. The maximum absolute atomic E-state index is 12.5. The molecule has 170 valence electrons. The second-order valence-corrected chi connectivity index (χ2v) is 8.64. The van der Waals surface area contributed by atoms with Gasteiger partial charge in [-0.1, -0.05) is 62.4 Å². The summed E-state index contributed by atoms with van der Waals surface area (Å²) in [6.45, 7) is 5.73. The molecule has 7 nitrogen and oxygen atoms in total. The van der Waals surface area contributed by atoms with Crippen molar-refractivity contribution in [1.82, 2.24) is 10.2 Å². The zero-order valence-electron chi connectivity index (χ0n) is 18.7. The zero-order valence-corrected chi connectivity index (χ0v) is 18.7. The van der Waals surface area contributed by atoms with Gasteiger partial charge in [-0.3, -0.25) is 9.59 Å². The summed E-state index contributed by atoms with van der Waals surface area (Å²) < 4.78 is 5.51. The number of fused-ring (bicyclic) bond motifs is 3. The predicted molar refractivity (Wildman–Crippen MR) is 121 cm³/mol. The maximum atomic E-state index is 12.5. The number of hydrogen-bond acceptors (Lipinski definition) is 4. The fourth-order valence-corrected chi connectivity index (χ4v) is 4.14. The maximum Gasteiger partial charge on any atom is 0.407 e. The first-order valence-electron chi connectivity index (χ1n) is 10.9. The van der Waals surface area contributed by atoms with Crippen LogP contribution >= 0.6 is 0 Å². The van der Waals surface area contributed by atoms with Crippen LogP contribution < -0.4 is 5.32 Å². The smallest absolute Gasteiger partial charge is 0.407 e. The topological polar surface area (TPSA) is 95.9 Å². The van der Waals surface area contributed by atoms with Crippen molar-refractivity contribution in [3.05, 3.63) is 59.7 Å². The van der Waals surface area contributed by atoms with Gasteiger partial charge in [0.2, 0.25) is 5.91 Å². The van der Waals surface area contributed by atoms with Gasteiger partial charge >= 0.3 is 12.1 Å². The highest BCUT2D eigenvalue weighted by molar-refractivity contribution is 5.82. The fourth-order valence-electron chi connectivity index (χ4n) is 4.14. The van der Waals surface area contributed by atoms with Crippen LogP contribution in [-0.4, -0.2) is 53.7 Å². The van der Waals surface area contributed by atoms with Crippen molar-refractivity contribution in [3.8, 4) is 11.1 Å². The van der Waals surface area contributed by atoms with Gasteiger partial charge < -0.3 is 20.1 Å². The molecule has 2 amide bonds. The molecule has 0 spiro atoms. The molecule has 32 heavy (non-hydrogen) atoms. The van der Waals surface area contributed by atoms with Crippen LogP contribution in [0.1, 0.15) is 44.2 Å². The molecule has 0 heterocycles. The second-order valence-electron chi connectivity index (χ2n) is 8.64. The van der Waals surface area contributed by atoms with E-state index in [0.29, 0.717) is 6.54 Å². The first kappa shape index (κ1) is 23.3. The Morgan fingerprint density at radius 1 is 1.00 bits per heavy atom. The summed E-state index contributed by atoms with van der Waals surface area (Å²) >= 11 is 0. The molecule has 2 N–H and O–H groups in total. The Balaban J connectivity index is 1.56. The fraction of sp³-hybridized carbons (Fsp3) is 0.400. The highest BCUT2D eigenvalue weighted by Gasteiger charge is 2.29. The van der Waals surface area contributed by atoms with E-state index in [-0.39, 0.29) is 37.3 Å². The number of rotatable bonds is 9. The first-order chi connectivity index (χ1) is 15.3. The molecular weight excluding hydrogens is 408 g/mol. The van der Waals surface area contributed by atoms with Crippen LogP contribution in [0.15, 0.2) is 48.5 Å². The lowest BCUT2D eigenvalue weighted by Gasteiger charge is -2.24. The lowest BCUT2D eigenvalue weighted by atomic mass is 9.98. The molecule has 7 heteroatoms. The van der Waals surface area contributed by atoms with Crippen LogP contribution in [0.4, 0.5) is 4.79 Å². The Labute approximate surface area is 188 Å². The van der Waals surface area contributed by atoms with Crippen molar-refractivity contribution >= 4 is 18.0 Å². The van der Waals surface area contributed by atoms with Gasteiger partial charge in [-0.05, 0) is 35.1 Å². The summed E-state index contributed by atoms with van der Waals surface area (Å²) in [4.78, 5) is 37.3. The molecule has 2 aromatic carbocycles. The van der Waals surface area contributed by atoms with Crippen molar-refractivity contribution in [1.29, 1.82) is 0 Å². The van der Waals surface area contributed by atoms with Crippen molar-refractivity contribution in [2.75, 3.05) is 19.7 Å². The quantitative estimate of drug-likeness (QED) is 0.620. The molecule has 0 saturated heterocycles. The monoisotopic (exact) mass is 438 g/mol. The van der Waals surface area contributed by atoms with Crippen LogP contribution in [0.2, 0.25) is 0 Å². The van der Waals surface area contributed by atoms with Crippen molar-refractivity contribution in [3.63, 3.8) is 0 Å². The Morgan fingerprint density at radius 3 is 2.09 bits per heavy atom. The molecule has 0 fully saturated rings. The Hall–Kier alpha value is -3.35. The number of aliphatic carboxylic acids is 1. The predicted octanol–water partition coefficient (Wildman–Crippen LogP) is 3.87. The van der Waals surface area contributed by atoms with E-state index in [0.717, 1.165) is 22.3 Å². The number of nitrogens with zero attached hydrogens (tertiary/aromatic N) is 1. The summed E-state index contributed by atoms with van der Waals surface area (Å²) in [6.07, 6.45) is -0.592. The lowest BCUT2D eigenvalue weighted by molar-refractivity contribution is -0.145. The third kappa shape index (κ3) is 5.66. The van der Waals surface area contributed by atoms with Gasteiger partial charge in [0.25, 0.3) is 0 Å². The summed E-state index contributed by atoms with van der Waals surface area (Å²) in [5, 5.41) is 11.7. The van der Waals surface area contributed by atoms with E-state index >= 15 is 0 Å². The molecule has 1 atom stereocenters. The number of carbonyl (C=O) groups excluding carboxylic acids is 2. The Kier molecular flexibility index (Phi) is 7.51. The van der Waals surface area contributed by atoms with Gasteiger partial charge in [0.15, 0.2) is 0 Å². The molecule has 0 aromatic heterocycles. The number of carboxylic acids is 1. The molecule has 0 radical (unpaired) electrons. The molecule has 2 aromatic rings. The molecule has 0 saturated carbocycles.